The second-order valence-electron chi connectivity index (χ2n) is 3.78. The molecule has 0 aliphatic rings. The number of aromatic carboxylic acids is 1. The molecule has 0 saturated carbocycles. The van der Waals surface area contributed by atoms with Crippen LogP contribution in [-0.4, -0.2) is 35.3 Å². The van der Waals surface area contributed by atoms with E-state index in [2.05, 4.69) is 9.97 Å². The molecular formula is C13H11FN2O4S. The molecule has 0 amide bonds. The molecular weight excluding hydrogens is 299 g/mol. The van der Waals surface area contributed by atoms with Gasteiger partial charge in [0.05, 0.1) is 25.8 Å². The highest BCUT2D eigenvalue weighted by molar-refractivity contribution is 7.99. The smallest absolute Gasteiger partial charge is 0.336 e. The zero-order valence-electron chi connectivity index (χ0n) is 11.2. The van der Waals surface area contributed by atoms with Crippen LogP contribution in [0.3, 0.4) is 0 Å². The van der Waals surface area contributed by atoms with Gasteiger partial charge in [0, 0.05) is 4.90 Å². The summed E-state index contributed by atoms with van der Waals surface area (Å²) in [5.74, 6) is -1.29. The molecule has 1 N–H and O–H groups in total. The van der Waals surface area contributed by atoms with Gasteiger partial charge in [0.15, 0.2) is 5.16 Å². The molecule has 0 aliphatic carbocycles. The number of hydrogen-bond donors (Lipinski definition) is 1. The molecule has 0 aliphatic heterocycles. The molecule has 1 aromatic heterocycles. The Balaban J connectivity index is 2.40. The highest BCUT2D eigenvalue weighted by atomic mass is 32.2. The first-order valence-electron chi connectivity index (χ1n) is 5.71. The van der Waals surface area contributed by atoms with E-state index in [9.17, 15) is 9.18 Å². The predicted molar refractivity (Wildman–Crippen MR) is 72.6 cm³/mol. The number of halogens is 1. The zero-order chi connectivity index (χ0) is 15.4. The van der Waals surface area contributed by atoms with Gasteiger partial charge in [-0.15, -0.1) is 0 Å². The Hall–Kier alpha value is -2.35. The van der Waals surface area contributed by atoms with Crippen molar-refractivity contribution in [2.75, 3.05) is 14.2 Å². The summed E-state index contributed by atoms with van der Waals surface area (Å²) in [5, 5.41) is 9.34. The Morgan fingerprint density at radius 3 is 2.33 bits per heavy atom. The minimum absolute atomic E-state index is 0.162. The maximum atomic E-state index is 13.1. The topological polar surface area (TPSA) is 81.5 Å². The van der Waals surface area contributed by atoms with Crippen LogP contribution in [0.5, 0.6) is 11.8 Å². The minimum Gasteiger partial charge on any atom is -0.481 e. The van der Waals surface area contributed by atoms with E-state index in [1.807, 2.05) is 0 Å². The van der Waals surface area contributed by atoms with E-state index in [0.717, 1.165) is 17.8 Å². The first-order valence-corrected chi connectivity index (χ1v) is 6.53. The number of benzene rings is 1. The molecule has 1 heterocycles. The van der Waals surface area contributed by atoms with Crippen LogP contribution in [0.2, 0.25) is 0 Å². The van der Waals surface area contributed by atoms with Crippen molar-refractivity contribution < 1.29 is 23.8 Å². The summed E-state index contributed by atoms with van der Waals surface area (Å²) in [4.78, 5) is 19.6. The first-order chi connectivity index (χ1) is 10.0. The van der Waals surface area contributed by atoms with Crippen molar-refractivity contribution in [2.45, 2.75) is 10.1 Å². The molecule has 6 nitrogen and oxygen atoms in total. The molecule has 2 rings (SSSR count). The van der Waals surface area contributed by atoms with Crippen molar-refractivity contribution in [1.29, 1.82) is 0 Å². The van der Waals surface area contributed by atoms with E-state index < -0.39 is 11.8 Å². The molecule has 1 aromatic carbocycles. The second-order valence-corrected chi connectivity index (χ2v) is 4.79. The second kappa shape index (κ2) is 6.40. The SMILES string of the molecule is COc1cc(OC)nc(Sc2ccc(F)cc2C(=O)O)n1. The quantitative estimate of drug-likeness (QED) is 0.850. The Bertz CT molecular complexity index is 659. The third kappa shape index (κ3) is 3.60. The standard InChI is InChI=1S/C13H11FN2O4S/c1-19-10-6-11(20-2)16-13(15-10)21-9-4-3-7(14)5-8(9)12(17)18/h3-6H,1-2H3,(H,17,18). The molecule has 0 fully saturated rings. The van der Waals surface area contributed by atoms with Gasteiger partial charge in [0.1, 0.15) is 5.82 Å². The van der Waals surface area contributed by atoms with Crippen LogP contribution >= 0.6 is 11.8 Å². The third-order valence-corrected chi connectivity index (χ3v) is 3.39. The molecule has 0 atom stereocenters. The van der Waals surface area contributed by atoms with Crippen LogP contribution in [0.25, 0.3) is 0 Å². The molecule has 0 spiro atoms. The first kappa shape index (κ1) is 15.0. The van der Waals surface area contributed by atoms with Crippen LogP contribution < -0.4 is 9.47 Å². The number of methoxy groups -OCH3 is 2. The minimum atomic E-state index is -1.23. The summed E-state index contributed by atoms with van der Waals surface area (Å²) in [6.07, 6.45) is 0. The summed E-state index contributed by atoms with van der Waals surface area (Å²) in [5.41, 5.74) is -0.162. The fourth-order valence-corrected chi connectivity index (χ4v) is 2.36. The van der Waals surface area contributed by atoms with E-state index in [1.165, 1.54) is 32.4 Å². The molecule has 8 heteroatoms. The van der Waals surface area contributed by atoms with Gasteiger partial charge in [-0.25, -0.2) is 9.18 Å². The average Bonchev–Trinajstić information content (AvgIpc) is 2.48. The highest BCUT2D eigenvalue weighted by Gasteiger charge is 2.15. The third-order valence-electron chi connectivity index (χ3n) is 2.45. The van der Waals surface area contributed by atoms with Crippen molar-refractivity contribution in [1.82, 2.24) is 9.97 Å². The Kier molecular flexibility index (Phi) is 4.59. The largest absolute Gasteiger partial charge is 0.481 e. The van der Waals surface area contributed by atoms with E-state index in [0.29, 0.717) is 4.90 Å². The maximum absolute atomic E-state index is 13.1. The average molecular weight is 310 g/mol. The van der Waals surface area contributed by atoms with Gasteiger partial charge in [0.25, 0.3) is 0 Å². The Morgan fingerprint density at radius 1 is 1.19 bits per heavy atom. The number of aromatic nitrogens is 2. The van der Waals surface area contributed by atoms with Crippen molar-refractivity contribution in [3.63, 3.8) is 0 Å². The number of ether oxygens (including phenoxy) is 2. The number of carbonyl (C=O) groups is 1. The Morgan fingerprint density at radius 2 is 1.81 bits per heavy atom. The van der Waals surface area contributed by atoms with Gasteiger partial charge in [-0.2, -0.15) is 9.97 Å². The monoisotopic (exact) mass is 310 g/mol. The van der Waals surface area contributed by atoms with Crippen molar-refractivity contribution >= 4 is 17.7 Å². The van der Waals surface area contributed by atoms with Crippen molar-refractivity contribution in [2.24, 2.45) is 0 Å². The van der Waals surface area contributed by atoms with Crippen LogP contribution in [0.15, 0.2) is 34.3 Å². The molecule has 2 aromatic rings. The summed E-state index contributed by atoms with van der Waals surface area (Å²) in [7, 11) is 2.88. The van der Waals surface area contributed by atoms with Gasteiger partial charge in [0.2, 0.25) is 11.8 Å². The van der Waals surface area contributed by atoms with Gasteiger partial charge in [-0.3, -0.25) is 0 Å². The predicted octanol–water partition coefficient (Wildman–Crippen LogP) is 2.48. The number of carboxylic acids is 1. The Labute approximate surface area is 123 Å². The van der Waals surface area contributed by atoms with Gasteiger partial charge in [-0.1, -0.05) is 0 Å². The highest BCUT2D eigenvalue weighted by Crippen LogP contribution is 2.31. The number of nitrogens with zero attached hydrogens (tertiary/aromatic N) is 2. The van der Waals surface area contributed by atoms with Crippen molar-refractivity contribution in [3.8, 4) is 11.8 Å². The van der Waals surface area contributed by atoms with Gasteiger partial charge >= 0.3 is 5.97 Å². The molecule has 110 valence electrons. The van der Waals surface area contributed by atoms with Crippen LogP contribution in [-0.2, 0) is 0 Å². The van der Waals surface area contributed by atoms with E-state index in [4.69, 9.17) is 14.6 Å². The zero-order valence-corrected chi connectivity index (χ0v) is 12.0. The van der Waals surface area contributed by atoms with E-state index in [1.54, 1.807) is 0 Å². The summed E-state index contributed by atoms with van der Waals surface area (Å²) in [6.45, 7) is 0. The lowest BCUT2D eigenvalue weighted by molar-refractivity contribution is 0.0692. The number of rotatable bonds is 5. The lowest BCUT2D eigenvalue weighted by atomic mass is 10.2. The fraction of sp³-hybridized carbons (Fsp3) is 0.154. The molecule has 0 bridgehead atoms. The summed E-state index contributed by atoms with van der Waals surface area (Å²) in [6, 6.07) is 4.97. The van der Waals surface area contributed by atoms with Gasteiger partial charge in [-0.05, 0) is 30.0 Å². The normalized spacial score (nSPS) is 10.2. The van der Waals surface area contributed by atoms with E-state index in [-0.39, 0.29) is 22.5 Å². The molecule has 21 heavy (non-hydrogen) atoms. The van der Waals surface area contributed by atoms with Crippen LogP contribution in [0, 0.1) is 5.82 Å². The molecule has 0 saturated heterocycles. The number of carboxylic acid groups (broad SMARTS) is 1. The van der Waals surface area contributed by atoms with Gasteiger partial charge < -0.3 is 14.6 Å². The lowest BCUT2D eigenvalue weighted by Crippen LogP contribution is -2.01. The van der Waals surface area contributed by atoms with Crippen LogP contribution in [0.4, 0.5) is 4.39 Å². The fourth-order valence-electron chi connectivity index (χ4n) is 1.50. The number of hydrogen-bond acceptors (Lipinski definition) is 6. The molecule has 0 radical (unpaired) electrons. The lowest BCUT2D eigenvalue weighted by Gasteiger charge is -2.07. The summed E-state index contributed by atoms with van der Waals surface area (Å²) < 4.78 is 23.2. The van der Waals surface area contributed by atoms with Crippen molar-refractivity contribution in [3.05, 3.63) is 35.6 Å². The molecule has 0 unspecified atom stereocenters. The maximum Gasteiger partial charge on any atom is 0.336 e. The summed E-state index contributed by atoms with van der Waals surface area (Å²) >= 11 is 0.981. The van der Waals surface area contributed by atoms with Crippen LogP contribution in [0.1, 0.15) is 10.4 Å². The van der Waals surface area contributed by atoms with E-state index >= 15 is 0 Å².